The van der Waals surface area contributed by atoms with Crippen LogP contribution >= 0.6 is 0 Å². The molecule has 102 valence electrons. The van der Waals surface area contributed by atoms with Crippen LogP contribution in [-0.2, 0) is 6.18 Å². The smallest absolute Gasteiger partial charge is 0.416 e. The third-order valence-electron chi connectivity index (χ3n) is 3.01. The lowest BCUT2D eigenvalue weighted by Crippen LogP contribution is -2.03. The van der Waals surface area contributed by atoms with E-state index in [2.05, 4.69) is 0 Å². The van der Waals surface area contributed by atoms with E-state index >= 15 is 0 Å². The van der Waals surface area contributed by atoms with Gasteiger partial charge in [0.25, 0.3) is 0 Å². The Balaban J connectivity index is 2.09. The van der Waals surface area contributed by atoms with Crippen molar-refractivity contribution in [2.75, 3.05) is 0 Å². The predicted molar refractivity (Wildman–Crippen MR) is 66.6 cm³/mol. The first-order valence-corrected chi connectivity index (χ1v) is 5.81. The Bertz CT molecular complexity index is 754. The van der Waals surface area contributed by atoms with Crippen molar-refractivity contribution in [1.82, 2.24) is 0 Å². The molecule has 1 heterocycles. The van der Waals surface area contributed by atoms with E-state index in [4.69, 9.17) is 4.42 Å². The van der Waals surface area contributed by atoms with Crippen LogP contribution in [0.4, 0.5) is 17.6 Å². The Morgan fingerprint density at radius 1 is 0.850 bits per heavy atom. The van der Waals surface area contributed by atoms with Crippen LogP contribution in [0.15, 0.2) is 52.9 Å². The predicted octanol–water partition coefficient (Wildman–Crippen LogP) is 5.26. The molecule has 0 N–H and O–H groups in total. The fraction of sp³-hybridized carbons (Fsp3) is 0.0667. The summed E-state index contributed by atoms with van der Waals surface area (Å²) in [7, 11) is 0. The maximum atomic E-state index is 14.1. The monoisotopic (exact) mass is 280 g/mol. The minimum absolute atomic E-state index is 0.0556. The molecule has 5 heteroatoms. The summed E-state index contributed by atoms with van der Waals surface area (Å²) in [5, 5.41) is 0.308. The first-order valence-electron chi connectivity index (χ1n) is 5.81. The molecule has 0 saturated carbocycles. The molecule has 0 atom stereocenters. The fourth-order valence-electron chi connectivity index (χ4n) is 2.01. The van der Waals surface area contributed by atoms with Gasteiger partial charge in [0.2, 0.25) is 0 Å². The van der Waals surface area contributed by atoms with Crippen LogP contribution in [0.2, 0.25) is 0 Å². The van der Waals surface area contributed by atoms with Gasteiger partial charge in [0.15, 0.2) is 11.6 Å². The molecule has 0 amide bonds. The summed E-state index contributed by atoms with van der Waals surface area (Å²) in [6, 6.07) is 10.7. The van der Waals surface area contributed by atoms with Crippen molar-refractivity contribution < 1.29 is 22.0 Å². The molecule has 1 nitrogen and oxygen atoms in total. The van der Waals surface area contributed by atoms with E-state index in [-0.39, 0.29) is 11.3 Å². The lowest BCUT2D eigenvalue weighted by atomic mass is 10.1. The molecular weight excluding hydrogens is 272 g/mol. The Hall–Kier alpha value is -2.30. The topological polar surface area (TPSA) is 13.1 Å². The number of para-hydroxylation sites is 1. The van der Waals surface area contributed by atoms with Crippen LogP contribution in [0.5, 0.6) is 0 Å². The molecule has 0 unspecified atom stereocenters. The quantitative estimate of drug-likeness (QED) is 0.554. The number of halogens is 4. The first-order chi connectivity index (χ1) is 9.47. The average molecular weight is 280 g/mol. The molecule has 0 radical (unpaired) electrons. The number of fused-ring (bicyclic) bond motifs is 1. The summed E-state index contributed by atoms with van der Waals surface area (Å²) in [6.45, 7) is 0. The Labute approximate surface area is 111 Å². The van der Waals surface area contributed by atoms with E-state index in [9.17, 15) is 17.6 Å². The summed E-state index contributed by atoms with van der Waals surface area (Å²) >= 11 is 0. The number of alkyl halides is 3. The van der Waals surface area contributed by atoms with Gasteiger partial charge >= 0.3 is 6.18 Å². The van der Waals surface area contributed by atoms with Gasteiger partial charge in [-0.2, -0.15) is 13.2 Å². The van der Waals surface area contributed by atoms with Gasteiger partial charge in [-0.1, -0.05) is 24.3 Å². The van der Waals surface area contributed by atoms with Crippen LogP contribution in [0.3, 0.4) is 0 Å². The lowest BCUT2D eigenvalue weighted by Gasteiger charge is -2.06. The molecule has 0 fully saturated rings. The standard InChI is InChI=1S/C15H8F4O/c16-13-11-3-1-2-4-12(11)20-14(13)9-5-7-10(8-6-9)15(17,18)19/h1-8H. The molecule has 0 aliphatic heterocycles. The van der Waals surface area contributed by atoms with Crippen molar-refractivity contribution >= 4 is 11.0 Å². The number of hydrogen-bond donors (Lipinski definition) is 0. The van der Waals surface area contributed by atoms with Crippen LogP contribution in [-0.4, -0.2) is 0 Å². The van der Waals surface area contributed by atoms with E-state index < -0.39 is 17.6 Å². The van der Waals surface area contributed by atoms with Gasteiger partial charge in [-0.3, -0.25) is 0 Å². The zero-order chi connectivity index (χ0) is 14.3. The second-order valence-electron chi connectivity index (χ2n) is 4.32. The van der Waals surface area contributed by atoms with Crippen LogP contribution < -0.4 is 0 Å². The third kappa shape index (κ3) is 2.05. The molecule has 0 saturated heterocycles. The molecule has 0 aliphatic carbocycles. The van der Waals surface area contributed by atoms with Crippen molar-refractivity contribution in [3.8, 4) is 11.3 Å². The summed E-state index contributed by atoms with van der Waals surface area (Å²) in [5.74, 6) is -0.625. The molecular formula is C15H8F4O. The molecule has 3 aromatic rings. The minimum atomic E-state index is -4.41. The molecule has 0 aliphatic rings. The highest BCUT2D eigenvalue weighted by molar-refractivity contribution is 5.83. The summed E-state index contributed by atoms with van der Waals surface area (Å²) in [6.07, 6.45) is -4.41. The van der Waals surface area contributed by atoms with Gasteiger partial charge in [-0.25, -0.2) is 4.39 Å². The van der Waals surface area contributed by atoms with Crippen molar-refractivity contribution in [3.05, 3.63) is 59.9 Å². The van der Waals surface area contributed by atoms with Gasteiger partial charge in [0.1, 0.15) is 5.58 Å². The SMILES string of the molecule is Fc1c(-c2ccc(C(F)(F)F)cc2)oc2ccccc12. The number of benzene rings is 2. The summed E-state index contributed by atoms with van der Waals surface area (Å²) in [4.78, 5) is 0. The van der Waals surface area contributed by atoms with E-state index in [0.717, 1.165) is 12.1 Å². The third-order valence-corrected chi connectivity index (χ3v) is 3.01. The number of hydrogen-bond acceptors (Lipinski definition) is 1. The highest BCUT2D eigenvalue weighted by Gasteiger charge is 2.30. The minimum Gasteiger partial charge on any atom is -0.453 e. The summed E-state index contributed by atoms with van der Waals surface area (Å²) < 4.78 is 56.9. The highest BCUT2D eigenvalue weighted by atomic mass is 19.4. The second-order valence-corrected chi connectivity index (χ2v) is 4.32. The molecule has 0 spiro atoms. The van der Waals surface area contributed by atoms with Gasteiger partial charge < -0.3 is 4.42 Å². The zero-order valence-corrected chi connectivity index (χ0v) is 10.0. The fourth-order valence-corrected chi connectivity index (χ4v) is 2.01. The lowest BCUT2D eigenvalue weighted by molar-refractivity contribution is -0.137. The maximum Gasteiger partial charge on any atom is 0.416 e. The Morgan fingerprint density at radius 2 is 1.50 bits per heavy atom. The van der Waals surface area contributed by atoms with Crippen LogP contribution in [0.1, 0.15) is 5.56 Å². The van der Waals surface area contributed by atoms with Crippen molar-refractivity contribution in [3.63, 3.8) is 0 Å². The van der Waals surface area contributed by atoms with E-state index in [1.54, 1.807) is 24.3 Å². The number of furan rings is 1. The Kier molecular flexibility index (Phi) is 2.78. The van der Waals surface area contributed by atoms with E-state index in [1.807, 2.05) is 0 Å². The molecule has 20 heavy (non-hydrogen) atoms. The second kappa shape index (κ2) is 4.37. The van der Waals surface area contributed by atoms with E-state index in [1.165, 1.54) is 12.1 Å². The van der Waals surface area contributed by atoms with Crippen LogP contribution in [0.25, 0.3) is 22.3 Å². The molecule has 1 aromatic heterocycles. The van der Waals surface area contributed by atoms with Crippen molar-refractivity contribution in [1.29, 1.82) is 0 Å². The zero-order valence-electron chi connectivity index (χ0n) is 10.0. The highest BCUT2D eigenvalue weighted by Crippen LogP contribution is 2.34. The maximum absolute atomic E-state index is 14.1. The molecule has 2 aromatic carbocycles. The number of rotatable bonds is 1. The summed E-state index contributed by atoms with van der Waals surface area (Å²) in [5.41, 5.74) is -0.149. The first kappa shape index (κ1) is 12.7. The van der Waals surface area contributed by atoms with Gasteiger partial charge in [-0.15, -0.1) is 0 Å². The Morgan fingerprint density at radius 3 is 2.10 bits per heavy atom. The van der Waals surface area contributed by atoms with Gasteiger partial charge in [0.05, 0.1) is 10.9 Å². The average Bonchev–Trinajstić information content (AvgIpc) is 2.76. The van der Waals surface area contributed by atoms with Crippen molar-refractivity contribution in [2.24, 2.45) is 0 Å². The van der Waals surface area contributed by atoms with Crippen LogP contribution in [0, 0.1) is 5.82 Å². The normalized spacial score (nSPS) is 12.0. The van der Waals surface area contributed by atoms with Gasteiger partial charge in [-0.05, 0) is 24.3 Å². The van der Waals surface area contributed by atoms with Gasteiger partial charge in [0, 0.05) is 5.56 Å². The van der Waals surface area contributed by atoms with Crippen molar-refractivity contribution in [2.45, 2.75) is 6.18 Å². The largest absolute Gasteiger partial charge is 0.453 e. The van der Waals surface area contributed by atoms with E-state index in [0.29, 0.717) is 11.0 Å². The molecule has 3 rings (SSSR count). The molecule has 0 bridgehead atoms.